The summed E-state index contributed by atoms with van der Waals surface area (Å²) in [6, 6.07) is 0.116. The molecule has 2 N–H and O–H groups in total. The van der Waals surface area contributed by atoms with Crippen LogP contribution in [0.1, 0.15) is 13.8 Å². The van der Waals surface area contributed by atoms with E-state index in [9.17, 15) is 13.2 Å². The van der Waals surface area contributed by atoms with Gasteiger partial charge in [0.1, 0.15) is 0 Å². The van der Waals surface area contributed by atoms with Crippen LogP contribution >= 0.6 is 11.8 Å². The normalized spacial score (nSPS) is 11.6. The first-order chi connectivity index (χ1) is 9.30. The highest BCUT2D eigenvalue weighted by atomic mass is 32.2. The molecule has 0 unspecified atom stereocenters. The molecule has 1 rings (SSSR count). The molecular formula is C10H16F3N5OS. The average molecular weight is 311 g/mol. The number of aromatic nitrogens is 3. The summed E-state index contributed by atoms with van der Waals surface area (Å²) in [7, 11) is 1.62. The number of anilines is 2. The van der Waals surface area contributed by atoms with E-state index in [1.807, 2.05) is 13.8 Å². The van der Waals surface area contributed by atoms with E-state index >= 15 is 0 Å². The second kappa shape index (κ2) is 7.36. The molecule has 1 heterocycles. The molecule has 20 heavy (non-hydrogen) atoms. The largest absolute Gasteiger partial charge is 0.461 e. The molecule has 0 aromatic carbocycles. The van der Waals surface area contributed by atoms with Crippen LogP contribution in [0, 0.1) is 0 Å². The maximum Gasteiger partial charge on any atom is 0.441 e. The lowest BCUT2D eigenvalue weighted by molar-refractivity contribution is -0.0327. The number of hydrogen-bond donors (Lipinski definition) is 2. The minimum Gasteiger partial charge on any atom is -0.461 e. The number of rotatable bonds is 7. The molecule has 0 atom stereocenters. The van der Waals surface area contributed by atoms with Gasteiger partial charge in [0.25, 0.3) is 0 Å². The lowest BCUT2D eigenvalue weighted by atomic mass is 10.5. The molecule has 0 spiro atoms. The molecule has 10 heteroatoms. The Morgan fingerprint density at radius 1 is 1.20 bits per heavy atom. The van der Waals surface area contributed by atoms with Gasteiger partial charge >= 0.3 is 11.5 Å². The highest BCUT2D eigenvalue weighted by molar-refractivity contribution is 8.00. The maximum absolute atomic E-state index is 12.0. The molecule has 0 saturated carbocycles. The molecule has 0 amide bonds. The zero-order chi connectivity index (χ0) is 15.2. The van der Waals surface area contributed by atoms with Gasteiger partial charge in [-0.2, -0.15) is 28.1 Å². The molecule has 0 aliphatic heterocycles. The van der Waals surface area contributed by atoms with E-state index in [2.05, 4.69) is 25.6 Å². The first-order valence-electron chi connectivity index (χ1n) is 5.85. The van der Waals surface area contributed by atoms with Gasteiger partial charge in [0.2, 0.25) is 11.9 Å². The Hall–Kier alpha value is -1.45. The predicted octanol–water partition coefficient (Wildman–Crippen LogP) is 2.37. The second-order valence-corrected chi connectivity index (χ2v) is 5.06. The Morgan fingerprint density at radius 2 is 1.85 bits per heavy atom. The van der Waals surface area contributed by atoms with E-state index in [1.54, 1.807) is 7.05 Å². The van der Waals surface area contributed by atoms with E-state index in [0.29, 0.717) is 0 Å². The number of thioether (sulfide) groups is 1. The van der Waals surface area contributed by atoms with Gasteiger partial charge in [0.05, 0.1) is 6.10 Å². The van der Waals surface area contributed by atoms with Gasteiger partial charge in [-0.1, -0.05) is 0 Å². The number of ether oxygens (including phenoxy) is 1. The van der Waals surface area contributed by atoms with Crippen LogP contribution in [0.3, 0.4) is 0 Å². The minimum absolute atomic E-state index is 0.0818. The lowest BCUT2D eigenvalue weighted by Gasteiger charge is -2.11. The SMILES string of the molecule is CNc1nc(NCCSC(F)(F)F)nc(OC(C)C)n1. The lowest BCUT2D eigenvalue weighted by Crippen LogP contribution is -2.15. The summed E-state index contributed by atoms with van der Waals surface area (Å²) in [5, 5.41) is 5.43. The van der Waals surface area contributed by atoms with Crippen molar-refractivity contribution in [3.63, 3.8) is 0 Å². The van der Waals surface area contributed by atoms with Crippen molar-refractivity contribution < 1.29 is 17.9 Å². The van der Waals surface area contributed by atoms with E-state index < -0.39 is 5.51 Å². The summed E-state index contributed by atoms with van der Waals surface area (Å²) >= 11 is -0.103. The molecular weight excluding hydrogens is 295 g/mol. The third-order valence-electron chi connectivity index (χ3n) is 1.83. The summed E-state index contributed by atoms with van der Waals surface area (Å²) in [6.45, 7) is 3.71. The summed E-state index contributed by atoms with van der Waals surface area (Å²) < 4.78 is 41.2. The van der Waals surface area contributed by atoms with Crippen molar-refractivity contribution in [3.8, 4) is 6.01 Å². The molecule has 1 aromatic heterocycles. The van der Waals surface area contributed by atoms with Crippen LogP contribution in [0.2, 0.25) is 0 Å². The highest BCUT2D eigenvalue weighted by Crippen LogP contribution is 2.29. The van der Waals surface area contributed by atoms with Crippen molar-refractivity contribution in [2.45, 2.75) is 25.5 Å². The summed E-state index contributed by atoms with van der Waals surface area (Å²) in [5.41, 5.74) is -4.23. The van der Waals surface area contributed by atoms with Crippen molar-refractivity contribution in [2.24, 2.45) is 0 Å². The molecule has 0 saturated heterocycles. The van der Waals surface area contributed by atoms with Gasteiger partial charge in [-0.25, -0.2) is 0 Å². The minimum atomic E-state index is -4.23. The number of halogens is 3. The standard InChI is InChI=1S/C10H16F3N5OS/c1-6(2)19-9-17-7(14-3)16-8(18-9)15-4-5-20-10(11,12)13/h6H,4-5H2,1-3H3,(H2,14,15,16,17,18). The first-order valence-corrected chi connectivity index (χ1v) is 6.84. The van der Waals surface area contributed by atoms with E-state index in [0.717, 1.165) is 0 Å². The molecule has 0 radical (unpaired) electrons. The van der Waals surface area contributed by atoms with Gasteiger partial charge in [0.15, 0.2) is 0 Å². The Kier molecular flexibility index (Phi) is 6.11. The summed E-state index contributed by atoms with van der Waals surface area (Å²) in [5.74, 6) is 0.314. The first kappa shape index (κ1) is 16.6. The van der Waals surface area contributed by atoms with Crippen molar-refractivity contribution in [1.82, 2.24) is 15.0 Å². The summed E-state index contributed by atoms with van der Waals surface area (Å²) in [6.07, 6.45) is -0.115. The fraction of sp³-hybridized carbons (Fsp3) is 0.700. The third-order valence-corrected chi connectivity index (χ3v) is 2.57. The molecule has 0 aliphatic rings. The van der Waals surface area contributed by atoms with Crippen LogP contribution in [0.15, 0.2) is 0 Å². The van der Waals surface area contributed by atoms with Gasteiger partial charge in [-0.05, 0) is 25.6 Å². The van der Waals surface area contributed by atoms with Crippen molar-refractivity contribution >= 4 is 23.7 Å². The van der Waals surface area contributed by atoms with Gasteiger partial charge in [-0.3, -0.25) is 0 Å². The third kappa shape index (κ3) is 6.64. The average Bonchev–Trinajstić information content (AvgIpc) is 2.32. The molecule has 0 aliphatic carbocycles. The van der Waals surface area contributed by atoms with Gasteiger partial charge in [-0.15, -0.1) is 0 Å². The van der Waals surface area contributed by atoms with E-state index in [4.69, 9.17) is 4.74 Å². The maximum atomic E-state index is 12.0. The van der Waals surface area contributed by atoms with Crippen molar-refractivity contribution in [1.29, 1.82) is 0 Å². The van der Waals surface area contributed by atoms with Crippen LogP contribution < -0.4 is 15.4 Å². The molecule has 0 bridgehead atoms. The summed E-state index contributed by atoms with van der Waals surface area (Å²) in [4.78, 5) is 11.9. The fourth-order valence-corrected chi connectivity index (χ4v) is 1.58. The predicted molar refractivity (Wildman–Crippen MR) is 72.1 cm³/mol. The van der Waals surface area contributed by atoms with Crippen LogP contribution in [-0.4, -0.2) is 45.9 Å². The Labute approximate surface area is 118 Å². The smallest absolute Gasteiger partial charge is 0.441 e. The highest BCUT2D eigenvalue weighted by Gasteiger charge is 2.27. The number of hydrogen-bond acceptors (Lipinski definition) is 7. The quantitative estimate of drug-likeness (QED) is 0.749. The monoisotopic (exact) mass is 311 g/mol. The van der Waals surface area contributed by atoms with Crippen molar-refractivity contribution in [3.05, 3.63) is 0 Å². The van der Waals surface area contributed by atoms with Crippen LogP contribution in [0.4, 0.5) is 25.1 Å². The Morgan fingerprint density at radius 3 is 2.40 bits per heavy atom. The van der Waals surface area contributed by atoms with E-state index in [-0.39, 0.29) is 48.1 Å². The number of alkyl halides is 3. The zero-order valence-corrected chi connectivity index (χ0v) is 12.1. The molecule has 1 aromatic rings. The van der Waals surface area contributed by atoms with E-state index in [1.165, 1.54) is 0 Å². The van der Waals surface area contributed by atoms with Gasteiger partial charge < -0.3 is 15.4 Å². The topological polar surface area (TPSA) is 72.0 Å². The Balaban J connectivity index is 2.60. The second-order valence-electron chi connectivity index (χ2n) is 3.90. The van der Waals surface area contributed by atoms with Crippen molar-refractivity contribution in [2.75, 3.05) is 30.0 Å². The fourth-order valence-electron chi connectivity index (χ4n) is 1.14. The Bertz CT molecular complexity index is 430. The van der Waals surface area contributed by atoms with Gasteiger partial charge in [0, 0.05) is 19.3 Å². The molecule has 0 fully saturated rings. The van der Waals surface area contributed by atoms with Crippen LogP contribution in [-0.2, 0) is 0 Å². The molecule has 114 valence electrons. The molecule has 6 nitrogen and oxygen atoms in total. The van der Waals surface area contributed by atoms with Crippen LogP contribution in [0.25, 0.3) is 0 Å². The zero-order valence-electron chi connectivity index (χ0n) is 11.3. The number of nitrogens with one attached hydrogen (secondary N) is 2. The van der Waals surface area contributed by atoms with Crippen LogP contribution in [0.5, 0.6) is 6.01 Å². The number of nitrogens with zero attached hydrogens (tertiary/aromatic N) is 3.